The van der Waals surface area contributed by atoms with Crippen molar-refractivity contribution in [2.24, 2.45) is 0 Å². The van der Waals surface area contributed by atoms with Crippen LogP contribution in [0.5, 0.6) is 11.5 Å². The Morgan fingerprint density at radius 1 is 1.04 bits per heavy atom. The van der Waals surface area contributed by atoms with Gasteiger partial charge in [-0.1, -0.05) is 0 Å². The lowest BCUT2D eigenvalue weighted by Gasteiger charge is -2.29. The molecule has 27 heavy (non-hydrogen) atoms. The number of hydrogen-bond donors (Lipinski definition) is 1. The van der Waals surface area contributed by atoms with Crippen LogP contribution in [0.2, 0.25) is 0 Å². The molecule has 1 unspecified atom stereocenters. The second-order valence-corrected chi connectivity index (χ2v) is 6.08. The summed E-state index contributed by atoms with van der Waals surface area (Å²) in [5, 5.41) is 28.3. The van der Waals surface area contributed by atoms with Gasteiger partial charge in [-0.05, 0) is 31.2 Å². The normalized spacial score (nSPS) is 21.8. The summed E-state index contributed by atoms with van der Waals surface area (Å²) in [6.07, 6.45) is 0. The van der Waals surface area contributed by atoms with E-state index in [1.54, 1.807) is 6.07 Å². The van der Waals surface area contributed by atoms with Gasteiger partial charge in [-0.2, -0.15) is 28.1 Å². The van der Waals surface area contributed by atoms with E-state index in [0.717, 1.165) is 24.3 Å². The van der Waals surface area contributed by atoms with Gasteiger partial charge in [0, 0.05) is 17.2 Å². The van der Waals surface area contributed by atoms with Gasteiger partial charge in [0.1, 0.15) is 28.9 Å². The lowest BCUT2D eigenvalue weighted by molar-refractivity contribution is -0.280. The van der Waals surface area contributed by atoms with E-state index >= 15 is 0 Å². The number of rotatable bonds is 2. The van der Waals surface area contributed by atoms with E-state index in [0.29, 0.717) is 13.0 Å². The first-order valence-electron chi connectivity index (χ1n) is 7.42. The fraction of sp³-hybridized carbons (Fsp3) is 0.222. The van der Waals surface area contributed by atoms with Gasteiger partial charge in [0.25, 0.3) is 0 Å². The number of halogens is 5. The van der Waals surface area contributed by atoms with Crippen molar-refractivity contribution in [2.45, 2.75) is 24.4 Å². The summed E-state index contributed by atoms with van der Waals surface area (Å²) in [4.78, 5) is 0. The van der Waals surface area contributed by atoms with E-state index in [-0.39, 0.29) is 11.3 Å². The van der Waals surface area contributed by atoms with E-state index in [4.69, 9.17) is 10.00 Å². The summed E-state index contributed by atoms with van der Waals surface area (Å²) in [5.74, 6) is -11.1. The van der Waals surface area contributed by atoms with Crippen LogP contribution in [0.25, 0.3) is 0 Å². The monoisotopic (exact) mass is 380 g/mol. The molecule has 4 nitrogen and oxygen atoms in total. The van der Waals surface area contributed by atoms with Gasteiger partial charge in [-0.25, -0.2) is 4.39 Å². The van der Waals surface area contributed by atoms with Crippen LogP contribution in [-0.2, 0) is 11.5 Å². The molecule has 1 N–H and O–H groups in total. The van der Waals surface area contributed by atoms with Crippen LogP contribution in [0.1, 0.15) is 29.2 Å². The molecule has 0 bridgehead atoms. The fourth-order valence-corrected chi connectivity index (χ4v) is 2.99. The molecule has 2 aromatic carbocycles. The molecule has 0 amide bonds. The van der Waals surface area contributed by atoms with Crippen LogP contribution < -0.4 is 4.74 Å². The van der Waals surface area contributed by atoms with Gasteiger partial charge >= 0.3 is 11.8 Å². The van der Waals surface area contributed by atoms with Crippen LogP contribution in [0, 0.1) is 28.5 Å². The molecule has 1 aliphatic rings. The van der Waals surface area contributed by atoms with Gasteiger partial charge in [0.15, 0.2) is 5.60 Å². The number of hydrogen-bond acceptors (Lipinski definition) is 4. The molecule has 1 atom stereocenters. The van der Waals surface area contributed by atoms with Crippen molar-refractivity contribution in [1.29, 1.82) is 10.5 Å². The molecule has 9 heteroatoms. The molecule has 0 saturated carbocycles. The number of aliphatic hydroxyl groups is 1. The molecule has 138 valence electrons. The molecular weight excluding hydrogens is 371 g/mol. The van der Waals surface area contributed by atoms with Crippen molar-refractivity contribution in [3.05, 3.63) is 58.4 Å². The maximum absolute atomic E-state index is 14.1. The number of alkyl halides is 4. The van der Waals surface area contributed by atoms with E-state index in [1.165, 1.54) is 6.07 Å². The zero-order valence-electron chi connectivity index (χ0n) is 13.5. The summed E-state index contributed by atoms with van der Waals surface area (Å²) >= 11 is 0. The van der Waals surface area contributed by atoms with Crippen molar-refractivity contribution < 1.29 is 31.8 Å². The Morgan fingerprint density at radius 2 is 1.70 bits per heavy atom. The topological polar surface area (TPSA) is 77.0 Å². The molecule has 0 fully saturated rings. The molecule has 0 spiro atoms. The first kappa shape index (κ1) is 18.6. The maximum Gasteiger partial charge on any atom is 0.346 e. The van der Waals surface area contributed by atoms with E-state index < -0.39 is 45.7 Å². The molecule has 1 aliphatic carbocycles. The van der Waals surface area contributed by atoms with Crippen LogP contribution >= 0.6 is 0 Å². The van der Waals surface area contributed by atoms with Gasteiger partial charge in [0.2, 0.25) is 0 Å². The Balaban J connectivity index is 2.20. The minimum absolute atomic E-state index is 0.116. The quantitative estimate of drug-likeness (QED) is 0.788. The highest BCUT2D eigenvalue weighted by Gasteiger charge is 2.75. The number of nitriles is 2. The molecule has 2 aromatic rings. The predicted octanol–water partition coefficient (Wildman–Crippen LogP) is 4.31. The average Bonchev–Trinajstić information content (AvgIpc) is 2.69. The Bertz CT molecular complexity index is 1040. The largest absolute Gasteiger partial charge is 0.456 e. The van der Waals surface area contributed by atoms with Crippen molar-refractivity contribution >= 4 is 0 Å². The van der Waals surface area contributed by atoms with Crippen molar-refractivity contribution in [3.63, 3.8) is 0 Å². The number of nitrogens with zero attached hydrogens (tertiary/aromatic N) is 2. The third kappa shape index (κ3) is 2.43. The fourth-order valence-electron chi connectivity index (χ4n) is 2.99. The van der Waals surface area contributed by atoms with Crippen molar-refractivity contribution in [3.8, 4) is 23.6 Å². The highest BCUT2D eigenvalue weighted by molar-refractivity contribution is 5.61. The van der Waals surface area contributed by atoms with Gasteiger partial charge in [0.05, 0.1) is 11.6 Å². The molecule has 0 radical (unpaired) electrons. The second-order valence-electron chi connectivity index (χ2n) is 6.08. The Hall–Kier alpha value is -3.17. The Morgan fingerprint density at radius 3 is 2.30 bits per heavy atom. The third-order valence-electron chi connectivity index (χ3n) is 4.34. The summed E-state index contributed by atoms with van der Waals surface area (Å²) < 4.78 is 75.1. The van der Waals surface area contributed by atoms with Crippen LogP contribution in [0.3, 0.4) is 0 Å². The smallest absolute Gasteiger partial charge is 0.346 e. The molecule has 0 aliphatic heterocycles. The summed E-state index contributed by atoms with van der Waals surface area (Å²) in [7, 11) is 0. The highest BCUT2D eigenvalue weighted by atomic mass is 19.3. The minimum atomic E-state index is -4.86. The number of benzene rings is 2. The van der Waals surface area contributed by atoms with Crippen molar-refractivity contribution in [1.82, 2.24) is 0 Å². The predicted molar refractivity (Wildman–Crippen MR) is 80.8 cm³/mol. The maximum atomic E-state index is 14.1. The first-order valence-corrected chi connectivity index (χ1v) is 7.42. The standard InChI is InChI=1S/C18H9F5N2O2/c1-16(26)15-12(8-25)14(3-2-13(15)17(20,21)18(16,22)23)27-11-5-9(7-24)4-10(19)6-11/h2-6,26H,1H3. The Labute approximate surface area is 149 Å². The highest BCUT2D eigenvalue weighted by Crippen LogP contribution is 2.61. The number of ether oxygens (including phenoxy) is 1. The first-order chi connectivity index (χ1) is 12.5. The molecule has 0 aromatic heterocycles. The van der Waals surface area contributed by atoms with E-state index in [9.17, 15) is 32.3 Å². The SMILES string of the molecule is CC1(O)c2c(ccc(Oc3cc(F)cc(C#N)c3)c2C#N)C(F)(F)C1(F)F. The minimum Gasteiger partial charge on any atom is -0.456 e. The van der Waals surface area contributed by atoms with Gasteiger partial charge in [-0.15, -0.1) is 0 Å². The van der Waals surface area contributed by atoms with Gasteiger partial charge < -0.3 is 9.84 Å². The Kier molecular flexibility index (Phi) is 3.90. The van der Waals surface area contributed by atoms with E-state index in [1.807, 2.05) is 0 Å². The second kappa shape index (κ2) is 5.66. The molecule has 0 saturated heterocycles. The lowest BCUT2D eigenvalue weighted by Crippen LogP contribution is -2.47. The zero-order valence-corrected chi connectivity index (χ0v) is 13.5. The number of fused-ring (bicyclic) bond motifs is 1. The van der Waals surface area contributed by atoms with Gasteiger partial charge in [-0.3, -0.25) is 0 Å². The van der Waals surface area contributed by atoms with Crippen molar-refractivity contribution in [2.75, 3.05) is 0 Å². The van der Waals surface area contributed by atoms with E-state index in [2.05, 4.69) is 0 Å². The molecule has 3 rings (SSSR count). The van der Waals surface area contributed by atoms with Crippen LogP contribution in [0.15, 0.2) is 30.3 Å². The summed E-state index contributed by atoms with van der Waals surface area (Å²) in [5.41, 5.74) is -6.35. The average molecular weight is 380 g/mol. The van der Waals surface area contributed by atoms with Crippen LogP contribution in [-0.4, -0.2) is 11.0 Å². The summed E-state index contributed by atoms with van der Waals surface area (Å²) in [6, 6.07) is 7.50. The summed E-state index contributed by atoms with van der Waals surface area (Å²) in [6.45, 7) is 0.479. The molecular formula is C18H9F5N2O2. The van der Waals surface area contributed by atoms with Crippen LogP contribution in [0.4, 0.5) is 22.0 Å². The third-order valence-corrected chi connectivity index (χ3v) is 4.34. The zero-order chi connectivity index (χ0) is 20.2. The lowest BCUT2D eigenvalue weighted by atomic mass is 9.91. The molecule has 0 heterocycles.